The van der Waals surface area contributed by atoms with Crippen molar-refractivity contribution in [2.75, 3.05) is 13.2 Å². The van der Waals surface area contributed by atoms with E-state index >= 15 is 0 Å². The number of carbonyl (C=O) groups excluding carboxylic acids is 2. The van der Waals surface area contributed by atoms with Crippen LogP contribution in [0.1, 0.15) is 348 Å². The van der Waals surface area contributed by atoms with E-state index in [4.69, 9.17) is 4.74 Å². The van der Waals surface area contributed by atoms with Crippen molar-refractivity contribution < 1.29 is 24.5 Å². The van der Waals surface area contributed by atoms with Crippen molar-refractivity contribution in [2.24, 2.45) is 0 Å². The molecule has 0 spiro atoms. The molecule has 0 aliphatic heterocycles. The highest BCUT2D eigenvalue weighted by Crippen LogP contribution is 2.18. The largest absolute Gasteiger partial charge is 0.466 e. The molecule has 0 aliphatic rings. The van der Waals surface area contributed by atoms with E-state index in [2.05, 4.69) is 31.3 Å². The Kier molecular flexibility index (Phi) is 58.5. The molecular formula is C64H123NO5. The van der Waals surface area contributed by atoms with E-state index in [0.717, 1.165) is 57.8 Å². The van der Waals surface area contributed by atoms with Crippen LogP contribution in [-0.4, -0.2) is 47.4 Å². The first-order valence-electron chi connectivity index (χ1n) is 31.6. The van der Waals surface area contributed by atoms with Crippen molar-refractivity contribution >= 4 is 11.9 Å². The molecule has 2 atom stereocenters. The Bertz CT molecular complexity index is 1090. The van der Waals surface area contributed by atoms with Crippen LogP contribution < -0.4 is 5.32 Å². The summed E-state index contributed by atoms with van der Waals surface area (Å²) in [6.45, 7) is 4.92. The summed E-state index contributed by atoms with van der Waals surface area (Å²) in [6.07, 6.45) is 73.6. The number of esters is 1. The van der Waals surface area contributed by atoms with Crippen molar-refractivity contribution in [1.82, 2.24) is 5.32 Å². The number of carbonyl (C=O) groups is 2. The number of nitrogens with one attached hydrogen (secondary N) is 1. The molecule has 0 saturated carbocycles. The van der Waals surface area contributed by atoms with Gasteiger partial charge in [-0.05, 0) is 57.8 Å². The Morgan fingerprint density at radius 1 is 0.386 bits per heavy atom. The van der Waals surface area contributed by atoms with Crippen molar-refractivity contribution in [3.8, 4) is 0 Å². The predicted octanol–water partition coefficient (Wildman–Crippen LogP) is 19.8. The lowest BCUT2D eigenvalue weighted by Gasteiger charge is -2.20. The molecule has 0 saturated heterocycles. The van der Waals surface area contributed by atoms with Gasteiger partial charge in [-0.25, -0.2) is 0 Å². The highest BCUT2D eigenvalue weighted by Gasteiger charge is 2.18. The maximum absolute atomic E-state index is 12.5. The van der Waals surface area contributed by atoms with E-state index in [1.807, 2.05) is 6.08 Å². The van der Waals surface area contributed by atoms with Gasteiger partial charge in [0.2, 0.25) is 5.91 Å². The molecule has 1 amide bonds. The number of hydrogen-bond donors (Lipinski definition) is 3. The molecule has 0 radical (unpaired) electrons. The summed E-state index contributed by atoms with van der Waals surface area (Å²) >= 11 is 0. The fraction of sp³-hybridized carbons (Fsp3) is 0.906. The van der Waals surface area contributed by atoms with Gasteiger partial charge in [0.05, 0.1) is 25.4 Å². The van der Waals surface area contributed by atoms with Crippen molar-refractivity contribution in [3.05, 3.63) is 24.3 Å². The van der Waals surface area contributed by atoms with Gasteiger partial charge in [-0.3, -0.25) is 9.59 Å². The zero-order valence-corrected chi connectivity index (χ0v) is 47.3. The summed E-state index contributed by atoms with van der Waals surface area (Å²) < 4.78 is 5.48. The summed E-state index contributed by atoms with van der Waals surface area (Å²) in [6, 6.07) is -0.638. The van der Waals surface area contributed by atoms with Crippen LogP contribution >= 0.6 is 0 Å². The molecule has 2 unspecified atom stereocenters. The van der Waals surface area contributed by atoms with Crippen molar-refractivity contribution in [2.45, 2.75) is 360 Å². The zero-order chi connectivity index (χ0) is 50.7. The number of aliphatic hydroxyl groups excluding tert-OH is 2. The minimum atomic E-state index is -0.854. The van der Waals surface area contributed by atoms with Gasteiger partial charge in [-0.1, -0.05) is 301 Å². The molecule has 0 aromatic carbocycles. The Morgan fingerprint density at radius 2 is 0.671 bits per heavy atom. The summed E-state index contributed by atoms with van der Waals surface area (Å²) in [5, 5.41) is 23.2. The standard InChI is InChI=1S/C64H123NO5/c1-3-5-7-9-11-13-15-17-19-20-21-22-23-26-29-32-36-40-44-48-52-56-62(67)61(60-66)65-63(68)57-53-49-45-41-37-33-30-27-24-25-28-31-35-39-43-47-51-55-59-70-64(69)58-54-50-46-42-38-34-18-16-14-12-10-8-6-4-2/h27,30,52,56,61-62,66-67H,3-26,28-29,31-51,53-55,57-60H2,1-2H3,(H,65,68)/b30-27-,56-52+. The topological polar surface area (TPSA) is 95.9 Å². The Morgan fingerprint density at radius 3 is 1.01 bits per heavy atom. The highest BCUT2D eigenvalue weighted by atomic mass is 16.5. The Labute approximate surface area is 437 Å². The monoisotopic (exact) mass is 986 g/mol. The third-order valence-electron chi connectivity index (χ3n) is 14.7. The fourth-order valence-electron chi connectivity index (χ4n) is 9.87. The molecule has 6 nitrogen and oxygen atoms in total. The Hall–Kier alpha value is -1.66. The normalized spacial score (nSPS) is 12.7. The van der Waals surface area contributed by atoms with Crippen LogP contribution in [0.3, 0.4) is 0 Å². The highest BCUT2D eigenvalue weighted by molar-refractivity contribution is 5.76. The maximum Gasteiger partial charge on any atom is 0.305 e. The van der Waals surface area contributed by atoms with E-state index in [0.29, 0.717) is 19.4 Å². The second kappa shape index (κ2) is 59.9. The van der Waals surface area contributed by atoms with Gasteiger partial charge in [-0.15, -0.1) is 0 Å². The molecule has 70 heavy (non-hydrogen) atoms. The lowest BCUT2D eigenvalue weighted by Crippen LogP contribution is -2.45. The van der Waals surface area contributed by atoms with E-state index in [9.17, 15) is 19.8 Å². The third-order valence-corrected chi connectivity index (χ3v) is 14.7. The number of ether oxygens (including phenoxy) is 1. The first-order valence-corrected chi connectivity index (χ1v) is 31.6. The minimum absolute atomic E-state index is 0.00495. The smallest absolute Gasteiger partial charge is 0.305 e. The zero-order valence-electron chi connectivity index (χ0n) is 47.3. The van der Waals surface area contributed by atoms with Gasteiger partial charge >= 0.3 is 5.97 Å². The number of amides is 1. The molecule has 0 bridgehead atoms. The van der Waals surface area contributed by atoms with Crippen LogP contribution in [0, 0.1) is 0 Å². The predicted molar refractivity (Wildman–Crippen MR) is 306 cm³/mol. The maximum atomic E-state index is 12.5. The van der Waals surface area contributed by atoms with Crippen molar-refractivity contribution in [1.29, 1.82) is 0 Å². The third kappa shape index (κ3) is 55.7. The molecular weight excluding hydrogens is 863 g/mol. The summed E-state index contributed by atoms with van der Waals surface area (Å²) in [5.74, 6) is -0.0741. The summed E-state index contributed by atoms with van der Waals surface area (Å²) in [4.78, 5) is 24.5. The number of aliphatic hydroxyl groups is 2. The lowest BCUT2D eigenvalue weighted by atomic mass is 10.0. The molecule has 0 rings (SSSR count). The van der Waals surface area contributed by atoms with Crippen molar-refractivity contribution in [3.63, 3.8) is 0 Å². The van der Waals surface area contributed by atoms with Crippen LogP contribution in [0.25, 0.3) is 0 Å². The SMILES string of the molecule is CCCCCCCCCCCCCCCCCCCCC/C=C/C(O)C(CO)NC(=O)CCCCCCC/C=C\CCCCCCCCCCCOC(=O)CCCCCCCCCCCCCCCC. The average molecular weight is 987 g/mol. The molecule has 6 heteroatoms. The van der Waals surface area contributed by atoms with Crippen LogP contribution in [0.15, 0.2) is 24.3 Å². The molecule has 0 aromatic heterocycles. The quantitative estimate of drug-likeness (QED) is 0.0321. The van der Waals surface area contributed by atoms with Gasteiger partial charge in [-0.2, -0.15) is 0 Å². The average Bonchev–Trinajstić information content (AvgIpc) is 3.36. The number of rotatable bonds is 59. The first-order chi connectivity index (χ1) is 34.5. The van der Waals surface area contributed by atoms with Gasteiger partial charge in [0.1, 0.15) is 0 Å². The first kappa shape index (κ1) is 68.3. The molecule has 0 aromatic rings. The fourth-order valence-corrected chi connectivity index (χ4v) is 9.87. The number of allylic oxidation sites excluding steroid dienone is 3. The van der Waals surface area contributed by atoms with Gasteiger partial charge in [0, 0.05) is 12.8 Å². The molecule has 0 aliphatic carbocycles. The lowest BCUT2D eigenvalue weighted by molar-refractivity contribution is -0.143. The van der Waals surface area contributed by atoms with E-state index in [-0.39, 0.29) is 18.5 Å². The molecule has 0 fully saturated rings. The number of unbranched alkanes of at least 4 members (excludes halogenated alkanes) is 46. The van der Waals surface area contributed by atoms with Crippen LogP contribution in [0.4, 0.5) is 0 Å². The molecule has 3 N–H and O–H groups in total. The summed E-state index contributed by atoms with van der Waals surface area (Å²) in [7, 11) is 0. The van der Waals surface area contributed by atoms with E-state index in [1.165, 1.54) is 263 Å². The van der Waals surface area contributed by atoms with Gasteiger partial charge in [0.25, 0.3) is 0 Å². The number of hydrogen-bond acceptors (Lipinski definition) is 5. The van der Waals surface area contributed by atoms with Crippen LogP contribution in [0.2, 0.25) is 0 Å². The van der Waals surface area contributed by atoms with E-state index in [1.54, 1.807) is 6.08 Å². The molecule has 0 heterocycles. The van der Waals surface area contributed by atoms with Gasteiger partial charge < -0.3 is 20.3 Å². The minimum Gasteiger partial charge on any atom is -0.466 e. The second-order valence-corrected chi connectivity index (χ2v) is 21.7. The summed E-state index contributed by atoms with van der Waals surface area (Å²) in [5.41, 5.74) is 0. The second-order valence-electron chi connectivity index (χ2n) is 21.7. The van der Waals surface area contributed by atoms with Crippen LogP contribution in [-0.2, 0) is 14.3 Å². The molecule has 414 valence electrons. The Balaban J connectivity index is 3.47. The van der Waals surface area contributed by atoms with Crippen LogP contribution in [0.5, 0.6) is 0 Å². The van der Waals surface area contributed by atoms with Gasteiger partial charge in [0.15, 0.2) is 0 Å². The van der Waals surface area contributed by atoms with E-state index < -0.39 is 12.1 Å².